The number of aromatic nitrogens is 1. The Morgan fingerprint density at radius 1 is 1.19 bits per heavy atom. The lowest BCUT2D eigenvalue weighted by atomic mass is 9.89. The molecule has 1 N–H and O–H groups in total. The fourth-order valence-corrected chi connectivity index (χ4v) is 2.09. The number of nitrogens with one attached hydrogen (secondary N) is 1. The van der Waals surface area contributed by atoms with Crippen molar-refractivity contribution < 1.29 is 0 Å². The molecule has 1 aromatic heterocycles. The first kappa shape index (κ1) is 13.2. The van der Waals surface area contributed by atoms with E-state index in [4.69, 9.17) is 0 Å². The Morgan fingerprint density at radius 2 is 1.81 bits per heavy atom. The van der Waals surface area contributed by atoms with Crippen LogP contribution in [0.3, 0.4) is 0 Å². The molecule has 16 heavy (non-hydrogen) atoms. The summed E-state index contributed by atoms with van der Waals surface area (Å²) in [5.41, 5.74) is 2.92. The maximum atomic E-state index is 4.18. The Kier molecular flexibility index (Phi) is 4.94. The van der Waals surface area contributed by atoms with E-state index in [0.29, 0.717) is 5.54 Å². The van der Waals surface area contributed by atoms with Crippen molar-refractivity contribution in [2.24, 2.45) is 0 Å². The number of aryl methyl sites for hydroxylation is 1. The Morgan fingerprint density at radius 3 is 2.31 bits per heavy atom. The molecule has 2 nitrogen and oxygen atoms in total. The molecule has 0 radical (unpaired) electrons. The molecule has 0 aliphatic heterocycles. The summed E-state index contributed by atoms with van der Waals surface area (Å²) in [6, 6.07) is 2.07. The van der Waals surface area contributed by atoms with Crippen LogP contribution >= 0.6 is 0 Å². The monoisotopic (exact) mass is 220 g/mol. The van der Waals surface area contributed by atoms with Gasteiger partial charge in [0.1, 0.15) is 0 Å². The van der Waals surface area contributed by atoms with E-state index in [0.717, 1.165) is 6.54 Å². The van der Waals surface area contributed by atoms with E-state index < -0.39 is 0 Å². The molecule has 2 heteroatoms. The Balaban J connectivity index is 2.66. The minimum atomic E-state index is 0.294. The average molecular weight is 220 g/mol. The lowest BCUT2D eigenvalue weighted by Gasteiger charge is -2.32. The van der Waals surface area contributed by atoms with Crippen molar-refractivity contribution in [1.82, 2.24) is 10.3 Å². The highest BCUT2D eigenvalue weighted by Crippen LogP contribution is 2.20. The van der Waals surface area contributed by atoms with Crippen LogP contribution in [0.4, 0.5) is 0 Å². The van der Waals surface area contributed by atoms with Gasteiger partial charge in [0.2, 0.25) is 0 Å². The van der Waals surface area contributed by atoms with Gasteiger partial charge in [-0.05, 0) is 43.4 Å². The van der Waals surface area contributed by atoms with Crippen LogP contribution in [0.25, 0.3) is 0 Å². The highest BCUT2D eigenvalue weighted by atomic mass is 15.0. The molecule has 0 unspecified atom stereocenters. The van der Waals surface area contributed by atoms with Gasteiger partial charge in [-0.1, -0.05) is 20.8 Å². The highest BCUT2D eigenvalue weighted by molar-refractivity contribution is 5.21. The minimum absolute atomic E-state index is 0.294. The second-order valence-electron chi connectivity index (χ2n) is 4.50. The summed E-state index contributed by atoms with van der Waals surface area (Å²) in [6.07, 6.45) is 7.36. The van der Waals surface area contributed by atoms with Crippen LogP contribution in [0.1, 0.15) is 51.2 Å². The van der Waals surface area contributed by atoms with Crippen molar-refractivity contribution in [1.29, 1.82) is 0 Å². The van der Waals surface area contributed by atoms with Crippen molar-refractivity contribution in [3.8, 4) is 0 Å². The third kappa shape index (κ3) is 3.05. The number of pyridine rings is 1. The van der Waals surface area contributed by atoms with E-state index in [1.54, 1.807) is 0 Å². The summed E-state index contributed by atoms with van der Waals surface area (Å²) in [6.45, 7) is 9.85. The van der Waals surface area contributed by atoms with Crippen molar-refractivity contribution in [2.75, 3.05) is 0 Å². The third-order valence-corrected chi connectivity index (χ3v) is 3.83. The van der Waals surface area contributed by atoms with Crippen LogP contribution in [0.5, 0.6) is 0 Å². The lowest BCUT2D eigenvalue weighted by Crippen LogP contribution is -2.43. The molecule has 0 aliphatic carbocycles. The second-order valence-corrected chi connectivity index (χ2v) is 4.50. The highest BCUT2D eigenvalue weighted by Gasteiger charge is 2.22. The summed E-state index contributed by atoms with van der Waals surface area (Å²) in [4.78, 5) is 4.18. The first-order valence-electron chi connectivity index (χ1n) is 6.32. The normalized spacial score (nSPS) is 11.8. The molecular weight excluding hydrogens is 196 g/mol. The van der Waals surface area contributed by atoms with Gasteiger partial charge in [0.25, 0.3) is 0 Å². The molecule has 0 saturated carbocycles. The molecule has 0 amide bonds. The van der Waals surface area contributed by atoms with E-state index >= 15 is 0 Å². The molecule has 1 aromatic rings. The zero-order valence-corrected chi connectivity index (χ0v) is 11.0. The molecule has 0 bridgehead atoms. The molecule has 0 saturated heterocycles. The zero-order chi connectivity index (χ0) is 12.0. The standard InChI is InChI=1S/C14H24N2/c1-5-14(6-2,7-3)16-11-13-10-15-9-8-12(13)4/h8-10,16H,5-7,11H2,1-4H3. The van der Waals surface area contributed by atoms with Crippen molar-refractivity contribution >= 4 is 0 Å². The van der Waals surface area contributed by atoms with Gasteiger partial charge in [0.15, 0.2) is 0 Å². The van der Waals surface area contributed by atoms with Gasteiger partial charge < -0.3 is 5.32 Å². The number of nitrogens with zero attached hydrogens (tertiary/aromatic N) is 1. The average Bonchev–Trinajstić information content (AvgIpc) is 2.34. The fourth-order valence-electron chi connectivity index (χ4n) is 2.09. The van der Waals surface area contributed by atoms with Crippen molar-refractivity contribution in [3.63, 3.8) is 0 Å². The van der Waals surface area contributed by atoms with Crippen LogP contribution in [0.2, 0.25) is 0 Å². The van der Waals surface area contributed by atoms with E-state index in [2.05, 4.69) is 44.1 Å². The number of hydrogen-bond acceptors (Lipinski definition) is 2. The Bertz CT molecular complexity index is 308. The Hall–Kier alpha value is -0.890. The largest absolute Gasteiger partial charge is 0.307 e. The predicted octanol–water partition coefficient (Wildman–Crippen LogP) is 3.45. The van der Waals surface area contributed by atoms with Crippen molar-refractivity contribution in [3.05, 3.63) is 29.6 Å². The molecule has 0 atom stereocenters. The molecule has 0 aliphatic rings. The molecule has 90 valence electrons. The van der Waals surface area contributed by atoms with E-state index in [1.807, 2.05) is 12.4 Å². The van der Waals surface area contributed by atoms with Crippen LogP contribution in [0, 0.1) is 6.92 Å². The summed E-state index contributed by atoms with van der Waals surface area (Å²) in [5, 5.41) is 3.70. The topological polar surface area (TPSA) is 24.9 Å². The predicted molar refractivity (Wildman–Crippen MR) is 69.4 cm³/mol. The first-order chi connectivity index (χ1) is 7.67. The SMILES string of the molecule is CCC(CC)(CC)NCc1cnccc1C. The van der Waals surface area contributed by atoms with Crippen LogP contribution in [0.15, 0.2) is 18.5 Å². The van der Waals surface area contributed by atoms with Gasteiger partial charge in [0, 0.05) is 24.5 Å². The smallest absolute Gasteiger partial charge is 0.0315 e. The third-order valence-electron chi connectivity index (χ3n) is 3.83. The summed E-state index contributed by atoms with van der Waals surface area (Å²) >= 11 is 0. The van der Waals surface area contributed by atoms with Crippen LogP contribution in [-0.4, -0.2) is 10.5 Å². The molecule has 1 rings (SSSR count). The van der Waals surface area contributed by atoms with Crippen molar-refractivity contribution in [2.45, 2.75) is 59.0 Å². The van der Waals surface area contributed by atoms with Gasteiger partial charge in [-0.2, -0.15) is 0 Å². The van der Waals surface area contributed by atoms with E-state index in [9.17, 15) is 0 Å². The minimum Gasteiger partial charge on any atom is -0.307 e. The quantitative estimate of drug-likeness (QED) is 0.794. The van der Waals surface area contributed by atoms with Gasteiger partial charge in [-0.15, -0.1) is 0 Å². The van der Waals surface area contributed by atoms with Crippen LogP contribution in [-0.2, 0) is 6.54 Å². The maximum Gasteiger partial charge on any atom is 0.0315 e. The molecule has 0 aromatic carbocycles. The zero-order valence-electron chi connectivity index (χ0n) is 11.0. The van der Waals surface area contributed by atoms with Gasteiger partial charge in [0.05, 0.1) is 0 Å². The Labute approximate surface area is 99.5 Å². The second kappa shape index (κ2) is 6.00. The summed E-state index contributed by atoms with van der Waals surface area (Å²) in [7, 11) is 0. The summed E-state index contributed by atoms with van der Waals surface area (Å²) < 4.78 is 0. The summed E-state index contributed by atoms with van der Waals surface area (Å²) in [5.74, 6) is 0. The molecule has 0 spiro atoms. The molecule has 1 heterocycles. The fraction of sp³-hybridized carbons (Fsp3) is 0.643. The molecular formula is C14H24N2. The first-order valence-corrected chi connectivity index (χ1v) is 6.32. The lowest BCUT2D eigenvalue weighted by molar-refractivity contribution is 0.287. The van der Waals surface area contributed by atoms with Gasteiger partial charge >= 0.3 is 0 Å². The van der Waals surface area contributed by atoms with E-state index in [1.165, 1.54) is 30.4 Å². The van der Waals surface area contributed by atoms with Crippen LogP contribution < -0.4 is 5.32 Å². The number of rotatable bonds is 6. The van der Waals surface area contributed by atoms with E-state index in [-0.39, 0.29) is 0 Å². The van der Waals surface area contributed by atoms with Gasteiger partial charge in [-0.3, -0.25) is 4.98 Å². The maximum absolute atomic E-state index is 4.18. The number of hydrogen-bond donors (Lipinski definition) is 1. The van der Waals surface area contributed by atoms with Gasteiger partial charge in [-0.25, -0.2) is 0 Å². The molecule has 0 fully saturated rings.